The van der Waals surface area contributed by atoms with Gasteiger partial charge in [0, 0.05) is 40.9 Å². The van der Waals surface area contributed by atoms with Gasteiger partial charge in [0.25, 0.3) is 5.91 Å². The molecule has 1 aromatic rings. The SMILES string of the molecule is C/C1=C/[C@@H](C=O)[C@H](O)[C@H](C)[C@@H](O)[C@@H](C)[C@@H](O)[C@H](C)[C@@H](O)[C@@H](C)/C=C\C=C(\CO)C(=O)NC2=CC(=O)c3c(c(O)c(C)c(O)c3C1=O)C2=O. The quantitative estimate of drug-likeness (QED) is 0.207. The van der Waals surface area contributed by atoms with E-state index < -0.39 is 118 Å². The first kappa shape index (κ1) is 38.2. The lowest BCUT2D eigenvalue weighted by Gasteiger charge is -2.36. The monoisotopic (exact) mass is 669 g/mol. The van der Waals surface area contributed by atoms with Crippen molar-refractivity contribution in [2.75, 3.05) is 6.61 Å². The average molecular weight is 670 g/mol. The minimum atomic E-state index is -1.58. The number of nitrogens with one attached hydrogen (secondary N) is 1. The maximum absolute atomic E-state index is 13.7. The molecule has 0 aromatic heterocycles. The highest BCUT2D eigenvalue weighted by atomic mass is 16.3. The first-order valence-electron chi connectivity index (χ1n) is 15.5. The molecule has 0 unspecified atom stereocenters. The van der Waals surface area contributed by atoms with E-state index >= 15 is 0 Å². The number of hydrogen-bond donors (Lipinski definition) is 8. The van der Waals surface area contributed by atoms with E-state index in [2.05, 4.69) is 5.32 Å². The van der Waals surface area contributed by atoms with Crippen LogP contribution in [0.2, 0.25) is 0 Å². The average Bonchev–Trinajstić information content (AvgIpc) is 3.06. The van der Waals surface area contributed by atoms with Gasteiger partial charge in [0.15, 0.2) is 11.6 Å². The number of amides is 1. The van der Waals surface area contributed by atoms with E-state index in [0.717, 1.165) is 6.08 Å². The molecule has 4 bridgehead atoms. The second-order valence-electron chi connectivity index (χ2n) is 12.7. The lowest BCUT2D eigenvalue weighted by molar-refractivity contribution is -0.118. The molecule has 4 rings (SSSR count). The number of Topliss-reactive ketones (excluding diaryl/α,β-unsaturated/α-hetero) is 2. The van der Waals surface area contributed by atoms with Gasteiger partial charge in [-0.3, -0.25) is 19.2 Å². The number of benzene rings is 1. The number of aliphatic hydroxyl groups excluding tert-OH is 5. The fourth-order valence-electron chi connectivity index (χ4n) is 6.07. The number of phenols is 2. The Hall–Kier alpha value is -4.27. The molecular formula is C35H43NO12. The van der Waals surface area contributed by atoms with Crippen LogP contribution in [0.25, 0.3) is 0 Å². The van der Waals surface area contributed by atoms with Crippen LogP contribution >= 0.6 is 0 Å². The standard InChI is InChI=1S/C35H43NO12/c1-14-8-7-9-20(12-37)35(48)36-22-11-23(39)24-25(32(45)19(6)33(46)26(24)34(22)47)28(41)15(2)10-21(13-38)31(44)18(5)30(43)17(4)29(42)16(3)27(14)40/h7-11,13-14,16-18,21,27,29-31,37,40,42-46H,12H2,1-6H3,(H,36,48)/b8-7-,15-10-,20-9-/t14-,16+,17-,18+,21-,27-,29-,30-,31+/m0/s1. The van der Waals surface area contributed by atoms with Crippen LogP contribution in [0.5, 0.6) is 11.5 Å². The summed E-state index contributed by atoms with van der Waals surface area (Å²) < 4.78 is 0. The molecule has 0 spiro atoms. The molecule has 0 saturated heterocycles. The Labute approximate surface area is 277 Å². The predicted molar refractivity (Wildman–Crippen MR) is 172 cm³/mol. The van der Waals surface area contributed by atoms with Crippen LogP contribution in [0.15, 0.2) is 47.2 Å². The second-order valence-corrected chi connectivity index (χ2v) is 12.7. The molecule has 0 saturated carbocycles. The van der Waals surface area contributed by atoms with E-state index in [1.54, 1.807) is 13.8 Å². The van der Waals surface area contributed by atoms with E-state index in [9.17, 15) is 59.7 Å². The maximum Gasteiger partial charge on any atom is 0.254 e. The molecule has 13 heteroatoms. The minimum Gasteiger partial charge on any atom is -0.507 e. The van der Waals surface area contributed by atoms with Gasteiger partial charge in [-0.05, 0) is 19.4 Å². The number of phenolic OH excluding ortho intramolecular Hbond substituents is 2. The van der Waals surface area contributed by atoms with Gasteiger partial charge in [0.2, 0.25) is 5.78 Å². The predicted octanol–water partition coefficient (Wildman–Crippen LogP) is 1.21. The Morgan fingerprint density at radius 3 is 1.83 bits per heavy atom. The van der Waals surface area contributed by atoms with Crippen molar-refractivity contribution >= 4 is 29.5 Å². The maximum atomic E-state index is 13.7. The number of rotatable bonds is 2. The molecule has 2 heterocycles. The molecule has 0 fully saturated rings. The van der Waals surface area contributed by atoms with Crippen LogP contribution in [0.3, 0.4) is 0 Å². The van der Waals surface area contributed by atoms with Crippen molar-refractivity contribution in [2.24, 2.45) is 29.6 Å². The summed E-state index contributed by atoms with van der Waals surface area (Å²) in [6, 6.07) is 0. The molecule has 9 atom stereocenters. The van der Waals surface area contributed by atoms with Crippen LogP contribution in [0, 0.1) is 36.5 Å². The summed E-state index contributed by atoms with van der Waals surface area (Å²) in [5.41, 5.74) is -3.35. The first-order valence-corrected chi connectivity index (χ1v) is 15.5. The molecule has 3 aliphatic rings. The van der Waals surface area contributed by atoms with Crippen LogP contribution in [-0.2, 0) is 9.59 Å². The summed E-state index contributed by atoms with van der Waals surface area (Å²) in [6.07, 6.45) is 0.806. The third-order valence-electron chi connectivity index (χ3n) is 9.45. The summed E-state index contributed by atoms with van der Waals surface area (Å²) in [5.74, 6) is -10.5. The Morgan fingerprint density at radius 1 is 0.771 bits per heavy atom. The molecule has 13 nitrogen and oxygen atoms in total. The van der Waals surface area contributed by atoms with Gasteiger partial charge in [-0.2, -0.15) is 0 Å². The number of aliphatic hydroxyl groups is 5. The normalized spacial score (nSPS) is 34.0. The van der Waals surface area contributed by atoms with Gasteiger partial charge < -0.3 is 45.9 Å². The van der Waals surface area contributed by atoms with Crippen molar-refractivity contribution in [3.8, 4) is 11.5 Å². The molecule has 2 aliphatic heterocycles. The minimum absolute atomic E-state index is 0.235. The number of aromatic hydroxyl groups is 2. The summed E-state index contributed by atoms with van der Waals surface area (Å²) in [7, 11) is 0. The van der Waals surface area contributed by atoms with Crippen molar-refractivity contribution < 1.29 is 59.7 Å². The molecule has 260 valence electrons. The molecule has 1 aromatic carbocycles. The van der Waals surface area contributed by atoms with Crippen LogP contribution in [-0.4, -0.2) is 96.3 Å². The zero-order chi connectivity index (χ0) is 36.4. The zero-order valence-corrected chi connectivity index (χ0v) is 27.5. The molecule has 1 aliphatic carbocycles. The number of fused-ring (bicyclic) bond motifs is 15. The van der Waals surface area contributed by atoms with Crippen molar-refractivity contribution in [3.05, 3.63) is 69.5 Å². The van der Waals surface area contributed by atoms with E-state index in [1.165, 1.54) is 45.9 Å². The number of carbonyl (C=O) groups excluding carboxylic acids is 5. The highest BCUT2D eigenvalue weighted by Crippen LogP contribution is 2.41. The number of allylic oxidation sites excluding steroid dienone is 5. The first-order chi connectivity index (χ1) is 22.4. The molecule has 48 heavy (non-hydrogen) atoms. The topological polar surface area (TPSA) is 239 Å². The molecule has 0 radical (unpaired) electrons. The van der Waals surface area contributed by atoms with Gasteiger partial charge in [0.05, 0.1) is 59.3 Å². The van der Waals surface area contributed by atoms with E-state index in [4.69, 9.17) is 0 Å². The van der Waals surface area contributed by atoms with Crippen molar-refractivity contribution in [1.29, 1.82) is 0 Å². The summed E-state index contributed by atoms with van der Waals surface area (Å²) in [6.45, 7) is 7.78. The van der Waals surface area contributed by atoms with Crippen LogP contribution in [0.4, 0.5) is 0 Å². The molecule has 8 N–H and O–H groups in total. The van der Waals surface area contributed by atoms with Crippen molar-refractivity contribution in [2.45, 2.75) is 66.0 Å². The van der Waals surface area contributed by atoms with Gasteiger partial charge in [-0.25, -0.2) is 0 Å². The third-order valence-corrected chi connectivity index (χ3v) is 9.45. The Balaban J connectivity index is 2.25. The van der Waals surface area contributed by atoms with Gasteiger partial charge in [-0.1, -0.05) is 52.0 Å². The fraction of sp³-hybridized carbons (Fsp3) is 0.457. The van der Waals surface area contributed by atoms with Gasteiger partial charge in [0.1, 0.15) is 17.8 Å². The fourth-order valence-corrected chi connectivity index (χ4v) is 6.07. The van der Waals surface area contributed by atoms with Crippen molar-refractivity contribution in [1.82, 2.24) is 5.32 Å². The van der Waals surface area contributed by atoms with E-state index in [0.29, 0.717) is 12.4 Å². The van der Waals surface area contributed by atoms with Crippen LogP contribution in [0.1, 0.15) is 71.3 Å². The second kappa shape index (κ2) is 15.3. The lowest BCUT2D eigenvalue weighted by atomic mass is 9.77. The molecule has 1 amide bonds. The highest BCUT2D eigenvalue weighted by molar-refractivity contribution is 6.31. The van der Waals surface area contributed by atoms with Gasteiger partial charge >= 0.3 is 0 Å². The Bertz CT molecular complexity index is 1620. The summed E-state index contributed by atoms with van der Waals surface area (Å²) in [5, 5.41) is 78.1. The number of aldehydes is 1. The Morgan fingerprint density at radius 2 is 1.29 bits per heavy atom. The smallest absolute Gasteiger partial charge is 0.254 e. The van der Waals surface area contributed by atoms with Gasteiger partial charge in [-0.15, -0.1) is 0 Å². The Kier molecular flexibility index (Phi) is 12.2. The van der Waals surface area contributed by atoms with Crippen molar-refractivity contribution in [3.63, 3.8) is 0 Å². The number of ketones is 3. The summed E-state index contributed by atoms with van der Waals surface area (Å²) >= 11 is 0. The number of carbonyl (C=O) groups is 5. The zero-order valence-electron chi connectivity index (χ0n) is 27.5. The highest BCUT2D eigenvalue weighted by Gasteiger charge is 2.40. The number of hydrogen-bond acceptors (Lipinski definition) is 12. The summed E-state index contributed by atoms with van der Waals surface area (Å²) in [4.78, 5) is 65.8. The van der Waals surface area contributed by atoms with E-state index in [-0.39, 0.29) is 16.7 Å². The third kappa shape index (κ3) is 7.25. The van der Waals surface area contributed by atoms with E-state index in [1.807, 2.05) is 0 Å². The van der Waals surface area contributed by atoms with Crippen LogP contribution < -0.4 is 5.32 Å². The molecular weight excluding hydrogens is 626 g/mol. The lowest BCUT2D eigenvalue weighted by Crippen LogP contribution is -2.46. The largest absolute Gasteiger partial charge is 0.507 e.